The van der Waals surface area contributed by atoms with Crippen molar-refractivity contribution in [2.75, 3.05) is 50.0 Å². The minimum Gasteiger partial charge on any atom is -0.454 e. The fourth-order valence-corrected chi connectivity index (χ4v) is 5.91. The summed E-state index contributed by atoms with van der Waals surface area (Å²) in [5, 5.41) is 16.2. The van der Waals surface area contributed by atoms with E-state index in [9.17, 15) is 19.5 Å². The minimum atomic E-state index is -0.765. The molecule has 0 unspecified atom stereocenters. The molecule has 2 aromatic heterocycles. The number of aromatic nitrogens is 2. The molecule has 47 heavy (non-hydrogen) atoms. The summed E-state index contributed by atoms with van der Waals surface area (Å²) in [4.78, 5) is 48.1. The molecule has 0 aliphatic carbocycles. The SMILES string of the molecule is CN(C)CCn1c(=O)c2cc(OC(=O)N(C)c3ccccc3NC(=O)CCCBr)c(CO)cc2c2cnc3cc4c(cc3c21)OCO4. The summed E-state index contributed by atoms with van der Waals surface area (Å²) in [6.45, 7) is 0.618. The van der Waals surface area contributed by atoms with Crippen LogP contribution in [0.4, 0.5) is 16.2 Å². The Morgan fingerprint density at radius 3 is 2.55 bits per heavy atom. The normalized spacial score (nSPS) is 12.3. The number of rotatable bonds is 10. The molecule has 244 valence electrons. The summed E-state index contributed by atoms with van der Waals surface area (Å²) in [7, 11) is 5.39. The van der Waals surface area contributed by atoms with Crippen LogP contribution in [0.5, 0.6) is 17.2 Å². The van der Waals surface area contributed by atoms with Crippen LogP contribution in [0.2, 0.25) is 0 Å². The van der Waals surface area contributed by atoms with Crippen molar-refractivity contribution < 1.29 is 28.9 Å². The number of anilines is 2. The number of ether oxygens (including phenoxy) is 3. The number of benzene rings is 3. The molecule has 0 atom stereocenters. The van der Waals surface area contributed by atoms with Crippen molar-refractivity contribution in [3.05, 3.63) is 70.6 Å². The Labute approximate surface area is 278 Å². The Kier molecular flexibility index (Phi) is 9.30. The third-order valence-electron chi connectivity index (χ3n) is 8.06. The molecule has 1 aliphatic rings. The second kappa shape index (κ2) is 13.6. The van der Waals surface area contributed by atoms with Crippen molar-refractivity contribution in [1.82, 2.24) is 14.5 Å². The molecule has 5 aromatic rings. The van der Waals surface area contributed by atoms with Gasteiger partial charge in [0.1, 0.15) is 5.75 Å². The number of likely N-dealkylation sites (N-methyl/N-ethyl adjacent to an activating group) is 1. The Hall–Kier alpha value is -4.72. The molecule has 12 nitrogen and oxygen atoms in total. The summed E-state index contributed by atoms with van der Waals surface area (Å²) < 4.78 is 18.7. The number of pyridine rings is 2. The maximum atomic E-state index is 14.3. The highest BCUT2D eigenvalue weighted by atomic mass is 79.9. The van der Waals surface area contributed by atoms with E-state index in [1.807, 2.05) is 25.1 Å². The van der Waals surface area contributed by atoms with Gasteiger partial charge < -0.3 is 34.1 Å². The van der Waals surface area contributed by atoms with Crippen LogP contribution in [-0.2, 0) is 17.9 Å². The molecule has 3 heterocycles. The minimum absolute atomic E-state index is 0.0448. The Balaban J connectivity index is 1.43. The molecule has 0 fully saturated rings. The monoisotopic (exact) mass is 703 g/mol. The Morgan fingerprint density at radius 2 is 1.81 bits per heavy atom. The molecule has 0 bridgehead atoms. The van der Waals surface area contributed by atoms with Crippen molar-refractivity contribution in [3.63, 3.8) is 0 Å². The van der Waals surface area contributed by atoms with E-state index >= 15 is 0 Å². The Morgan fingerprint density at radius 1 is 1.04 bits per heavy atom. The number of hydrogen-bond acceptors (Lipinski definition) is 9. The van der Waals surface area contributed by atoms with Crippen LogP contribution >= 0.6 is 15.9 Å². The van der Waals surface area contributed by atoms with Gasteiger partial charge in [-0.1, -0.05) is 28.1 Å². The van der Waals surface area contributed by atoms with Gasteiger partial charge in [0.2, 0.25) is 12.7 Å². The van der Waals surface area contributed by atoms with Crippen LogP contribution in [0.3, 0.4) is 0 Å². The van der Waals surface area contributed by atoms with Gasteiger partial charge in [0, 0.05) is 60.5 Å². The maximum absolute atomic E-state index is 14.3. The molecule has 1 aliphatic heterocycles. The number of carbonyl (C=O) groups is 2. The smallest absolute Gasteiger partial charge is 0.419 e. The van der Waals surface area contributed by atoms with Crippen molar-refractivity contribution >= 4 is 71.9 Å². The zero-order valence-corrected chi connectivity index (χ0v) is 27.8. The van der Waals surface area contributed by atoms with Crippen molar-refractivity contribution in [2.45, 2.75) is 26.0 Å². The first-order valence-corrected chi connectivity index (χ1v) is 16.2. The number of amides is 2. The van der Waals surface area contributed by atoms with Gasteiger partial charge in [0.15, 0.2) is 11.5 Å². The van der Waals surface area contributed by atoms with Gasteiger partial charge in [-0.3, -0.25) is 19.5 Å². The lowest BCUT2D eigenvalue weighted by molar-refractivity contribution is -0.116. The van der Waals surface area contributed by atoms with Crippen LogP contribution in [0.15, 0.2) is 59.5 Å². The molecular weight excluding hydrogens is 670 g/mol. The predicted molar refractivity (Wildman–Crippen MR) is 184 cm³/mol. The summed E-state index contributed by atoms with van der Waals surface area (Å²) in [5.74, 6) is 1.02. The fraction of sp³-hybridized carbons (Fsp3) is 0.294. The summed E-state index contributed by atoms with van der Waals surface area (Å²) in [5.41, 5.74) is 2.22. The van der Waals surface area contributed by atoms with E-state index in [1.54, 1.807) is 47.2 Å². The van der Waals surface area contributed by atoms with Gasteiger partial charge in [-0.25, -0.2) is 4.79 Å². The van der Waals surface area contributed by atoms with Crippen LogP contribution in [0.25, 0.3) is 32.6 Å². The number of alkyl halides is 1. The molecule has 13 heteroatoms. The van der Waals surface area contributed by atoms with E-state index in [0.29, 0.717) is 86.9 Å². The van der Waals surface area contributed by atoms with Gasteiger partial charge in [-0.05, 0) is 56.2 Å². The largest absolute Gasteiger partial charge is 0.454 e. The van der Waals surface area contributed by atoms with Gasteiger partial charge in [0.05, 0.1) is 34.4 Å². The average molecular weight is 705 g/mol. The van der Waals surface area contributed by atoms with E-state index in [2.05, 4.69) is 26.2 Å². The molecule has 6 rings (SSSR count). The summed E-state index contributed by atoms with van der Waals surface area (Å²) in [6, 6.07) is 13.7. The molecule has 2 amide bonds. The van der Waals surface area contributed by atoms with E-state index < -0.39 is 12.7 Å². The lowest BCUT2D eigenvalue weighted by atomic mass is 10.0. The maximum Gasteiger partial charge on any atom is 0.419 e. The molecular formula is C34H34BrN5O7. The average Bonchev–Trinajstić information content (AvgIpc) is 3.53. The number of nitrogens with zero attached hydrogens (tertiary/aromatic N) is 4. The standard InChI is InChI=1S/C34H34BrN5O7/c1-38(2)11-12-40-32-23-15-29-30(46-19-45-29)16-26(23)36-17-24(32)21-13-20(18-41)28(14-22(21)33(40)43)47-34(44)39(3)27-8-5-4-7-25(27)37-31(42)9-6-10-35/h4-5,7-8,13-17,41H,6,9-12,18-19H2,1-3H3,(H,37,42). The third kappa shape index (κ3) is 6.33. The number of fused-ring (bicyclic) bond motifs is 6. The van der Waals surface area contributed by atoms with E-state index in [1.165, 1.54) is 18.0 Å². The molecule has 3 aromatic carbocycles. The molecule has 2 N–H and O–H groups in total. The van der Waals surface area contributed by atoms with Gasteiger partial charge in [-0.2, -0.15) is 0 Å². The number of halogens is 1. The molecule has 0 saturated heterocycles. The van der Waals surface area contributed by atoms with Gasteiger partial charge in [-0.15, -0.1) is 0 Å². The van der Waals surface area contributed by atoms with E-state index in [-0.39, 0.29) is 24.0 Å². The van der Waals surface area contributed by atoms with Crippen molar-refractivity contribution in [2.24, 2.45) is 0 Å². The lowest BCUT2D eigenvalue weighted by Gasteiger charge is -2.22. The zero-order chi connectivity index (χ0) is 33.2. The number of aliphatic hydroxyl groups is 1. The van der Waals surface area contributed by atoms with Crippen LogP contribution in [-0.4, -0.2) is 71.4 Å². The lowest BCUT2D eigenvalue weighted by Crippen LogP contribution is -2.31. The van der Waals surface area contributed by atoms with Crippen LogP contribution in [0, 0.1) is 0 Å². The highest BCUT2D eigenvalue weighted by Crippen LogP contribution is 2.39. The first-order chi connectivity index (χ1) is 22.7. The molecule has 0 radical (unpaired) electrons. The number of para-hydroxylation sites is 2. The number of carbonyl (C=O) groups excluding carboxylic acids is 2. The number of hydrogen-bond donors (Lipinski definition) is 2. The first-order valence-electron chi connectivity index (χ1n) is 15.1. The predicted octanol–water partition coefficient (Wildman–Crippen LogP) is 5.23. The quantitative estimate of drug-likeness (QED) is 0.148. The number of nitrogens with one attached hydrogen (secondary N) is 1. The van der Waals surface area contributed by atoms with Crippen LogP contribution < -0.4 is 30.0 Å². The van der Waals surface area contributed by atoms with Gasteiger partial charge >= 0.3 is 6.09 Å². The highest BCUT2D eigenvalue weighted by molar-refractivity contribution is 9.09. The van der Waals surface area contributed by atoms with Crippen molar-refractivity contribution in [1.29, 1.82) is 0 Å². The zero-order valence-electron chi connectivity index (χ0n) is 26.2. The van der Waals surface area contributed by atoms with E-state index in [4.69, 9.17) is 14.2 Å². The molecule has 0 saturated carbocycles. The second-order valence-corrected chi connectivity index (χ2v) is 12.2. The highest BCUT2D eigenvalue weighted by Gasteiger charge is 2.23. The summed E-state index contributed by atoms with van der Waals surface area (Å²) >= 11 is 3.33. The van der Waals surface area contributed by atoms with Crippen molar-refractivity contribution in [3.8, 4) is 17.2 Å². The second-order valence-electron chi connectivity index (χ2n) is 11.5. The first kappa shape index (κ1) is 32.2. The topological polar surface area (TPSA) is 135 Å². The van der Waals surface area contributed by atoms with Gasteiger partial charge in [0.25, 0.3) is 5.56 Å². The fourth-order valence-electron chi connectivity index (χ4n) is 5.63. The molecule has 0 spiro atoms. The third-order valence-corrected chi connectivity index (χ3v) is 8.62. The van der Waals surface area contributed by atoms with Crippen LogP contribution in [0.1, 0.15) is 18.4 Å². The summed E-state index contributed by atoms with van der Waals surface area (Å²) in [6.07, 6.45) is 1.93. The number of aliphatic hydroxyl groups excluding tert-OH is 1. The Bertz CT molecular complexity index is 2080. The van der Waals surface area contributed by atoms with E-state index in [0.717, 1.165) is 5.39 Å².